The minimum Gasteiger partial charge on any atom is -0.344 e. The van der Waals surface area contributed by atoms with Crippen LogP contribution in [0.15, 0.2) is 0 Å². The highest BCUT2D eigenvalue weighted by Gasteiger charge is 2.31. The van der Waals surface area contributed by atoms with Crippen LogP contribution in [0.2, 0.25) is 0 Å². The van der Waals surface area contributed by atoms with Crippen molar-refractivity contribution in [2.24, 2.45) is 17.6 Å². The first-order valence-electron chi connectivity index (χ1n) is 7.16. The second kappa shape index (κ2) is 6.32. The molecule has 0 unspecified atom stereocenters. The number of carbonyl (C=O) groups is 1. The summed E-state index contributed by atoms with van der Waals surface area (Å²) in [7, 11) is 0. The molecule has 0 heterocycles. The van der Waals surface area contributed by atoms with Gasteiger partial charge in [0.2, 0.25) is 12.2 Å². The third-order valence-corrected chi connectivity index (χ3v) is 4.51. The van der Waals surface area contributed by atoms with Gasteiger partial charge in [0.25, 0.3) is 0 Å². The van der Waals surface area contributed by atoms with Crippen LogP contribution in [0, 0.1) is 11.8 Å². The number of amides is 1. The number of hydrogen-bond acceptors (Lipinski definition) is 3. The Hall–Kier alpha value is -0.900. The molecule has 0 aliphatic heterocycles. The van der Waals surface area contributed by atoms with Crippen molar-refractivity contribution >= 4 is 12.2 Å². The minimum atomic E-state index is -0.454. The Bertz CT molecular complexity index is 294. The van der Waals surface area contributed by atoms with E-state index in [1.165, 1.54) is 0 Å². The normalized spacial score (nSPS) is 24.9. The number of carbonyl (C=O) groups excluding carboxylic acids is 2. The maximum absolute atomic E-state index is 12.0. The fraction of sp³-hybridized carbons (Fsp3) is 0.857. The van der Waals surface area contributed by atoms with Gasteiger partial charge in [-0.1, -0.05) is 25.7 Å². The summed E-state index contributed by atoms with van der Waals surface area (Å²) >= 11 is 0. The molecule has 0 aromatic heterocycles. The van der Waals surface area contributed by atoms with E-state index in [1.807, 2.05) is 6.29 Å². The van der Waals surface area contributed by atoms with Crippen molar-refractivity contribution in [3.63, 3.8) is 0 Å². The fourth-order valence-electron chi connectivity index (χ4n) is 3.31. The molecule has 1 radical (unpaired) electrons. The lowest BCUT2D eigenvalue weighted by Gasteiger charge is -2.23. The second-order valence-corrected chi connectivity index (χ2v) is 5.72. The Morgan fingerprint density at radius 2 is 1.56 bits per heavy atom. The van der Waals surface area contributed by atoms with Gasteiger partial charge in [0.1, 0.15) is 0 Å². The average molecular weight is 251 g/mol. The lowest BCUT2D eigenvalue weighted by atomic mass is 9.95. The Labute approximate surface area is 109 Å². The average Bonchev–Trinajstić information content (AvgIpc) is 3.06. The quantitative estimate of drug-likeness (QED) is 0.773. The van der Waals surface area contributed by atoms with Crippen LogP contribution in [0.1, 0.15) is 51.4 Å². The Morgan fingerprint density at radius 3 is 2.06 bits per heavy atom. The van der Waals surface area contributed by atoms with Crippen LogP contribution < -0.4 is 11.1 Å². The molecule has 2 aliphatic rings. The molecule has 2 fully saturated rings. The van der Waals surface area contributed by atoms with Crippen molar-refractivity contribution in [1.82, 2.24) is 5.32 Å². The van der Waals surface area contributed by atoms with E-state index < -0.39 is 12.1 Å². The molecule has 2 aliphatic carbocycles. The van der Waals surface area contributed by atoms with Crippen LogP contribution in [0.5, 0.6) is 0 Å². The molecule has 4 nitrogen and oxygen atoms in total. The lowest BCUT2D eigenvalue weighted by Crippen LogP contribution is -2.50. The van der Waals surface area contributed by atoms with Crippen molar-refractivity contribution in [1.29, 1.82) is 0 Å². The van der Waals surface area contributed by atoms with Crippen molar-refractivity contribution in [3.05, 3.63) is 0 Å². The summed E-state index contributed by atoms with van der Waals surface area (Å²) in [6.45, 7) is 0. The molecule has 1 amide bonds. The zero-order valence-electron chi connectivity index (χ0n) is 10.9. The minimum absolute atomic E-state index is 0.165. The third-order valence-electron chi connectivity index (χ3n) is 4.51. The summed E-state index contributed by atoms with van der Waals surface area (Å²) in [4.78, 5) is 23.0. The highest BCUT2D eigenvalue weighted by Crippen LogP contribution is 2.29. The zero-order valence-corrected chi connectivity index (χ0v) is 10.9. The number of nitrogens with one attached hydrogen (secondary N) is 1. The molecule has 0 aromatic rings. The van der Waals surface area contributed by atoms with Crippen molar-refractivity contribution < 1.29 is 9.59 Å². The van der Waals surface area contributed by atoms with Gasteiger partial charge in [-0.2, -0.15) is 0 Å². The van der Waals surface area contributed by atoms with E-state index in [-0.39, 0.29) is 11.8 Å². The molecule has 3 N–H and O–H groups in total. The SMILES string of the molecule is N[C@H](C(=O)N[C@H]([C]=O)C1CCCC1)C1CCCC1. The zero-order chi connectivity index (χ0) is 13.0. The summed E-state index contributed by atoms with van der Waals surface area (Å²) in [5.41, 5.74) is 5.98. The van der Waals surface area contributed by atoms with E-state index in [0.717, 1.165) is 51.4 Å². The van der Waals surface area contributed by atoms with Crippen molar-refractivity contribution in [3.8, 4) is 0 Å². The van der Waals surface area contributed by atoms with Crippen LogP contribution in [0.3, 0.4) is 0 Å². The lowest BCUT2D eigenvalue weighted by molar-refractivity contribution is -0.124. The predicted octanol–water partition coefficient (Wildman–Crippen LogP) is 1.29. The van der Waals surface area contributed by atoms with E-state index in [0.29, 0.717) is 5.92 Å². The van der Waals surface area contributed by atoms with Crippen molar-refractivity contribution in [2.45, 2.75) is 63.5 Å². The smallest absolute Gasteiger partial charge is 0.237 e. The molecule has 0 spiro atoms. The monoisotopic (exact) mass is 251 g/mol. The second-order valence-electron chi connectivity index (χ2n) is 5.72. The molecule has 0 aromatic carbocycles. The van der Waals surface area contributed by atoms with Gasteiger partial charge >= 0.3 is 0 Å². The van der Waals surface area contributed by atoms with E-state index in [4.69, 9.17) is 5.73 Å². The molecule has 18 heavy (non-hydrogen) atoms. The first kappa shape index (κ1) is 13.5. The Morgan fingerprint density at radius 1 is 1.06 bits per heavy atom. The molecule has 0 saturated heterocycles. The van der Waals surface area contributed by atoms with Gasteiger partial charge in [-0.3, -0.25) is 9.59 Å². The molecule has 101 valence electrons. The maximum atomic E-state index is 12.0. The summed E-state index contributed by atoms with van der Waals surface area (Å²) in [5.74, 6) is 0.394. The van der Waals surface area contributed by atoms with Gasteiger partial charge in [-0.15, -0.1) is 0 Å². The summed E-state index contributed by atoms with van der Waals surface area (Å²) in [6.07, 6.45) is 10.7. The fourth-order valence-corrected chi connectivity index (χ4v) is 3.31. The van der Waals surface area contributed by atoms with E-state index in [2.05, 4.69) is 5.32 Å². The summed E-state index contributed by atoms with van der Waals surface area (Å²) in [5, 5.41) is 2.80. The molecule has 2 saturated carbocycles. The van der Waals surface area contributed by atoms with Gasteiger partial charge in [0.15, 0.2) is 0 Å². The van der Waals surface area contributed by atoms with Gasteiger partial charge in [-0.05, 0) is 37.5 Å². The van der Waals surface area contributed by atoms with Gasteiger partial charge in [0.05, 0.1) is 12.1 Å². The molecule has 2 rings (SSSR count). The van der Waals surface area contributed by atoms with E-state index in [9.17, 15) is 9.59 Å². The first-order valence-corrected chi connectivity index (χ1v) is 7.16. The summed E-state index contributed by atoms with van der Waals surface area (Å²) in [6, 6.07) is -0.905. The number of hydrogen-bond donors (Lipinski definition) is 2. The Balaban J connectivity index is 1.85. The van der Waals surface area contributed by atoms with Crippen molar-refractivity contribution in [2.75, 3.05) is 0 Å². The molecule has 2 atom stereocenters. The highest BCUT2D eigenvalue weighted by molar-refractivity contribution is 5.84. The Kier molecular flexibility index (Phi) is 4.75. The van der Waals surface area contributed by atoms with Crippen LogP contribution in [-0.2, 0) is 9.59 Å². The predicted molar refractivity (Wildman–Crippen MR) is 69.5 cm³/mol. The molecule has 0 bridgehead atoms. The topological polar surface area (TPSA) is 72.2 Å². The van der Waals surface area contributed by atoms with E-state index in [1.54, 1.807) is 0 Å². The standard InChI is InChI=1S/C14H23N2O2/c15-13(11-7-3-4-8-11)14(18)16-12(9-17)10-5-1-2-6-10/h10-13H,1-8,15H2,(H,16,18)/t12-,13+/m1/s1. The maximum Gasteiger partial charge on any atom is 0.237 e. The molecular weight excluding hydrogens is 228 g/mol. The highest BCUT2D eigenvalue weighted by atomic mass is 16.2. The number of rotatable bonds is 5. The van der Waals surface area contributed by atoms with Gasteiger partial charge in [0, 0.05) is 0 Å². The van der Waals surface area contributed by atoms with Gasteiger partial charge < -0.3 is 11.1 Å². The first-order chi connectivity index (χ1) is 8.72. The van der Waals surface area contributed by atoms with Crippen LogP contribution in [-0.4, -0.2) is 24.3 Å². The summed E-state index contributed by atoms with van der Waals surface area (Å²) < 4.78 is 0. The van der Waals surface area contributed by atoms with Gasteiger partial charge in [-0.25, -0.2) is 0 Å². The van der Waals surface area contributed by atoms with Crippen LogP contribution >= 0.6 is 0 Å². The van der Waals surface area contributed by atoms with E-state index >= 15 is 0 Å². The van der Waals surface area contributed by atoms with Crippen LogP contribution in [0.4, 0.5) is 0 Å². The molecule has 4 heteroatoms. The largest absolute Gasteiger partial charge is 0.344 e. The molecular formula is C14H23N2O2. The number of nitrogens with two attached hydrogens (primary N) is 1. The van der Waals surface area contributed by atoms with Crippen LogP contribution in [0.25, 0.3) is 0 Å². The third kappa shape index (κ3) is 3.10.